The maximum absolute atomic E-state index is 12.8. The second-order valence-corrected chi connectivity index (χ2v) is 14.6. The Balaban J connectivity index is 0.000000366. The smallest absolute Gasteiger partial charge is 0.407 e. The van der Waals surface area contributed by atoms with Gasteiger partial charge in [0.25, 0.3) is 0 Å². The van der Waals surface area contributed by atoms with Crippen LogP contribution in [0, 0.1) is 17.8 Å². The molecule has 1 aliphatic carbocycles. The lowest BCUT2D eigenvalue weighted by Crippen LogP contribution is -2.40. The molecule has 2 fully saturated rings. The van der Waals surface area contributed by atoms with Crippen molar-refractivity contribution in [3.63, 3.8) is 0 Å². The third-order valence-corrected chi connectivity index (χ3v) is 9.46. The summed E-state index contributed by atoms with van der Waals surface area (Å²) in [4.78, 5) is 48.9. The lowest BCUT2D eigenvalue weighted by Gasteiger charge is -2.30. The number of aromatic amines is 1. The first-order valence-electron chi connectivity index (χ1n) is 18.8. The highest BCUT2D eigenvalue weighted by atomic mass is 19.1. The summed E-state index contributed by atoms with van der Waals surface area (Å²) in [5.41, 5.74) is 2.06. The maximum atomic E-state index is 12.8. The van der Waals surface area contributed by atoms with Crippen LogP contribution in [0.2, 0.25) is 0 Å². The van der Waals surface area contributed by atoms with E-state index in [1.807, 2.05) is 38.2 Å². The molecule has 1 aromatic carbocycles. The van der Waals surface area contributed by atoms with E-state index in [0.29, 0.717) is 37.7 Å². The first kappa shape index (κ1) is 46.7. The maximum Gasteiger partial charge on any atom is 0.407 e. The molecular formula is C40H67FN4O7. The van der Waals surface area contributed by atoms with Gasteiger partial charge in [-0.25, -0.2) is 9.18 Å². The van der Waals surface area contributed by atoms with Gasteiger partial charge in [-0.3, -0.25) is 9.69 Å². The van der Waals surface area contributed by atoms with Crippen molar-refractivity contribution in [2.45, 2.75) is 110 Å². The van der Waals surface area contributed by atoms with Gasteiger partial charge in [0, 0.05) is 43.8 Å². The molecule has 1 aliphatic heterocycles. The van der Waals surface area contributed by atoms with Gasteiger partial charge in [-0.1, -0.05) is 45.4 Å². The van der Waals surface area contributed by atoms with Crippen molar-refractivity contribution >= 4 is 41.5 Å². The number of aromatic nitrogens is 1. The van der Waals surface area contributed by atoms with E-state index in [9.17, 15) is 23.6 Å². The number of alkyl carbamates (subject to hydrolysis) is 1. The number of hydrogen-bond acceptors (Lipinski definition) is 9. The highest BCUT2D eigenvalue weighted by Gasteiger charge is 2.37. The molecule has 52 heavy (non-hydrogen) atoms. The minimum Gasteiger partial charge on any atom is -0.444 e. The monoisotopic (exact) mass is 734 g/mol. The summed E-state index contributed by atoms with van der Waals surface area (Å²) >= 11 is 0. The number of fused-ring (bicyclic) bond motifs is 1. The molecule has 3 N–H and O–H groups in total. The highest BCUT2D eigenvalue weighted by Crippen LogP contribution is 2.37. The normalized spacial score (nSPS) is 18.6. The number of likely N-dealkylation sites (tertiary alicyclic amines) is 1. The minimum absolute atomic E-state index is 0.0294. The molecule has 1 saturated heterocycles. The van der Waals surface area contributed by atoms with Gasteiger partial charge in [-0.05, 0) is 96.1 Å². The van der Waals surface area contributed by atoms with Crippen LogP contribution in [0.15, 0.2) is 24.3 Å². The van der Waals surface area contributed by atoms with Crippen molar-refractivity contribution < 1.29 is 37.8 Å². The number of ether oxygens (including phenoxy) is 3. The van der Waals surface area contributed by atoms with Crippen LogP contribution in [0.5, 0.6) is 0 Å². The third kappa shape index (κ3) is 18.4. The fourth-order valence-electron chi connectivity index (χ4n) is 6.48. The number of likely N-dealkylation sites (N-methyl/N-ethyl adjacent to an activating group) is 1. The zero-order valence-corrected chi connectivity index (χ0v) is 33.0. The van der Waals surface area contributed by atoms with Crippen molar-refractivity contribution in [3.8, 4) is 0 Å². The van der Waals surface area contributed by atoms with Crippen molar-refractivity contribution in [1.82, 2.24) is 15.2 Å². The zero-order valence-electron chi connectivity index (χ0n) is 33.0. The van der Waals surface area contributed by atoms with E-state index < -0.39 is 24.4 Å². The molecule has 2 aromatic rings. The molecule has 296 valence electrons. The van der Waals surface area contributed by atoms with Gasteiger partial charge >= 0.3 is 6.09 Å². The van der Waals surface area contributed by atoms with Gasteiger partial charge in [0.1, 0.15) is 24.8 Å². The van der Waals surface area contributed by atoms with Crippen LogP contribution in [0.4, 0.5) is 14.9 Å². The first-order chi connectivity index (χ1) is 24.9. The zero-order chi connectivity index (χ0) is 38.9. The predicted octanol–water partition coefficient (Wildman–Crippen LogP) is 7.63. The van der Waals surface area contributed by atoms with Crippen LogP contribution in [-0.4, -0.2) is 107 Å². The van der Waals surface area contributed by atoms with E-state index in [-0.39, 0.29) is 12.0 Å². The van der Waals surface area contributed by atoms with Crippen LogP contribution in [0.3, 0.4) is 0 Å². The Labute approximate surface area is 311 Å². The number of nitrogens with zero attached hydrogens (tertiary/aromatic N) is 1. The largest absolute Gasteiger partial charge is 0.444 e. The lowest BCUT2D eigenvalue weighted by molar-refractivity contribution is -0.113. The Bertz CT molecular complexity index is 1270. The van der Waals surface area contributed by atoms with Gasteiger partial charge < -0.3 is 39.4 Å². The summed E-state index contributed by atoms with van der Waals surface area (Å²) in [5, 5.41) is 6.60. The van der Waals surface area contributed by atoms with E-state index in [4.69, 9.17) is 4.74 Å². The minimum atomic E-state index is -0.628. The van der Waals surface area contributed by atoms with Crippen LogP contribution in [0.1, 0.15) is 102 Å². The SMILES string of the molecule is CCC(C=O)CCCC(CF)NC(=O)OC(C)(C)C.CN1CCC(C2CCCCC2)C1C=O.CNc1ccc2[nH]c(C=O)cc2c1.COCCOC. The van der Waals surface area contributed by atoms with Gasteiger partial charge in [0.2, 0.25) is 0 Å². The Hall–Kier alpha value is -3.35. The summed E-state index contributed by atoms with van der Waals surface area (Å²) < 4.78 is 27.2. The summed E-state index contributed by atoms with van der Waals surface area (Å²) in [7, 11) is 7.26. The van der Waals surface area contributed by atoms with E-state index in [1.165, 1.54) is 44.8 Å². The molecule has 12 heteroatoms. The number of carbonyl (C=O) groups is 4. The fraction of sp³-hybridized carbons (Fsp3) is 0.700. The van der Waals surface area contributed by atoms with E-state index in [0.717, 1.165) is 54.5 Å². The Morgan fingerprint density at radius 1 is 1.04 bits per heavy atom. The summed E-state index contributed by atoms with van der Waals surface area (Å²) in [6.07, 6.45) is 13.2. The van der Waals surface area contributed by atoms with E-state index in [1.54, 1.807) is 35.0 Å². The molecule has 4 atom stereocenters. The number of H-pyrrole nitrogens is 1. The van der Waals surface area contributed by atoms with Gasteiger partial charge in [-0.15, -0.1) is 0 Å². The number of halogens is 1. The number of rotatable bonds is 15. The number of benzene rings is 1. The average molecular weight is 735 g/mol. The third-order valence-electron chi connectivity index (χ3n) is 9.46. The number of nitrogens with one attached hydrogen (secondary N) is 3. The second-order valence-electron chi connectivity index (χ2n) is 14.6. The number of aldehydes is 3. The number of hydrogen-bond donors (Lipinski definition) is 3. The molecule has 2 heterocycles. The number of methoxy groups -OCH3 is 2. The Kier molecular flexibility index (Phi) is 23.7. The number of alkyl halides is 1. The summed E-state index contributed by atoms with van der Waals surface area (Å²) in [6.45, 7) is 9.09. The van der Waals surface area contributed by atoms with Crippen molar-refractivity contribution in [1.29, 1.82) is 0 Å². The van der Waals surface area contributed by atoms with Gasteiger partial charge in [0.15, 0.2) is 6.29 Å². The molecule has 1 amide bonds. The lowest BCUT2D eigenvalue weighted by atomic mass is 9.77. The Morgan fingerprint density at radius 2 is 1.71 bits per heavy atom. The van der Waals surface area contributed by atoms with Crippen LogP contribution in [0.25, 0.3) is 10.9 Å². The summed E-state index contributed by atoms with van der Waals surface area (Å²) in [6, 6.07) is 7.43. The predicted molar refractivity (Wildman–Crippen MR) is 207 cm³/mol. The van der Waals surface area contributed by atoms with E-state index >= 15 is 0 Å². The molecule has 2 aliphatic rings. The quantitative estimate of drug-likeness (QED) is 0.125. The molecule has 0 spiro atoms. The molecule has 1 aromatic heterocycles. The Morgan fingerprint density at radius 3 is 2.23 bits per heavy atom. The van der Waals surface area contributed by atoms with E-state index in [2.05, 4.69) is 37.0 Å². The van der Waals surface area contributed by atoms with Crippen molar-refractivity contribution in [2.75, 3.05) is 60.1 Å². The topological polar surface area (TPSA) is 139 Å². The fourth-order valence-corrected chi connectivity index (χ4v) is 6.48. The molecule has 4 unspecified atom stereocenters. The van der Waals surface area contributed by atoms with Gasteiger partial charge in [-0.2, -0.15) is 0 Å². The van der Waals surface area contributed by atoms with Crippen molar-refractivity contribution in [3.05, 3.63) is 30.0 Å². The van der Waals surface area contributed by atoms with Crippen LogP contribution < -0.4 is 10.6 Å². The van der Waals surface area contributed by atoms with Crippen LogP contribution in [-0.2, 0) is 23.8 Å². The standard InChI is InChI=1S/C14H26FNO3.C12H21NO.C10H10N2O.C4H10O2/c1-5-11(10-17)7-6-8-12(9-15)16-13(18)19-14(2,3)4;1-13-8-7-11(12(13)9-14)10-5-3-2-4-6-10;1-11-8-2-3-10-7(4-8)5-9(6-13)12-10;1-5-3-4-6-2/h10-12H,5-9H2,1-4H3,(H,16,18);9-12H,2-8H2,1H3;2-6,11-12H,1H3;3-4H2,1-2H3. The first-order valence-corrected chi connectivity index (χ1v) is 18.8. The second kappa shape index (κ2) is 26.4. The highest BCUT2D eigenvalue weighted by molar-refractivity contribution is 5.89. The molecule has 11 nitrogen and oxygen atoms in total. The molecule has 4 rings (SSSR count). The van der Waals surface area contributed by atoms with Crippen LogP contribution >= 0.6 is 0 Å². The molecule has 0 radical (unpaired) electrons. The summed E-state index contributed by atoms with van der Waals surface area (Å²) in [5.74, 6) is 1.53. The molecule has 0 bridgehead atoms. The number of amides is 1. The number of carbonyl (C=O) groups excluding carboxylic acids is 4. The molecule has 1 saturated carbocycles. The average Bonchev–Trinajstić information content (AvgIpc) is 3.74. The molecular weight excluding hydrogens is 667 g/mol. The van der Waals surface area contributed by atoms with Gasteiger partial charge in [0.05, 0.1) is 31.0 Å². The van der Waals surface area contributed by atoms with Crippen molar-refractivity contribution in [2.24, 2.45) is 17.8 Å². The number of anilines is 1.